The van der Waals surface area contributed by atoms with Gasteiger partial charge in [0.05, 0.1) is 0 Å². The fourth-order valence-corrected chi connectivity index (χ4v) is 0. The first-order valence-corrected chi connectivity index (χ1v) is 0.671. The van der Waals surface area contributed by atoms with Crippen LogP contribution in [0.2, 0.25) is 0 Å². The smallest absolute Gasteiger partial charge is 0 e. The fourth-order valence-electron chi connectivity index (χ4n) is 0. The molecule has 4 nitrogen and oxygen atoms in total. The molecule has 0 unspecified atom stereocenters. The molecule has 0 saturated heterocycles. The van der Waals surface area contributed by atoms with Crippen molar-refractivity contribution in [1.82, 2.24) is 0 Å². The number of hydrogen-bond acceptors (Lipinski definition) is 3. The molecular weight excluding hydrogens is 289 g/mol. The molecule has 0 aliphatic rings. The normalized spacial score (nSPS) is 0.750. The van der Waals surface area contributed by atoms with Crippen molar-refractivity contribution in [2.75, 3.05) is 0 Å². The van der Waals surface area contributed by atoms with Crippen LogP contribution in [0, 0.1) is 35.5 Å². The van der Waals surface area contributed by atoms with Crippen LogP contribution in [0.5, 0.6) is 0 Å². The Morgan fingerprint density at radius 1 is 0.625 bits per heavy atom. The van der Waals surface area contributed by atoms with Crippen molar-refractivity contribution in [3.05, 3.63) is 25.9 Å². The molecule has 0 heterocycles. The minimum atomic E-state index is 0. The summed E-state index contributed by atoms with van der Waals surface area (Å²) in [7, 11) is 0. The van der Waals surface area contributed by atoms with Gasteiger partial charge in [-0.2, -0.15) is 0 Å². The minimum absolute atomic E-state index is 0. The van der Waals surface area contributed by atoms with E-state index in [1.54, 1.807) is 0 Å². The van der Waals surface area contributed by atoms with Crippen LogP contribution in [-0.2, 0) is 22.4 Å². The van der Waals surface area contributed by atoms with Gasteiger partial charge in [0.15, 0.2) is 0 Å². The zero-order valence-corrected chi connectivity index (χ0v) is 5.89. The molecule has 0 aromatic rings. The number of rotatable bonds is 0. The van der Waals surface area contributed by atoms with Crippen molar-refractivity contribution in [3.8, 4) is 0 Å². The first-order valence-electron chi connectivity index (χ1n) is 0.671. The Morgan fingerprint density at radius 3 is 0.625 bits per heavy atom. The first kappa shape index (κ1) is 58.0. The standard InChI is InChI=1S/3CN.Au.H2N/c3*1-2;;/h;;;;1H2/q3*-1;;-1. The summed E-state index contributed by atoms with van der Waals surface area (Å²) in [5.74, 6) is 0. The van der Waals surface area contributed by atoms with E-state index in [4.69, 9.17) is 35.5 Å². The largest absolute Gasteiger partial charge is 0.693 e. The molecule has 0 saturated carbocycles. The van der Waals surface area contributed by atoms with Crippen LogP contribution in [0.4, 0.5) is 0 Å². The third kappa shape index (κ3) is 131. The van der Waals surface area contributed by atoms with Crippen molar-refractivity contribution in [2.45, 2.75) is 0 Å². The molecule has 0 amide bonds. The third-order valence-corrected chi connectivity index (χ3v) is 0. The van der Waals surface area contributed by atoms with Crippen molar-refractivity contribution in [2.24, 2.45) is 0 Å². The van der Waals surface area contributed by atoms with E-state index in [0.29, 0.717) is 0 Å². The van der Waals surface area contributed by atoms with Gasteiger partial charge in [0.1, 0.15) is 0 Å². The van der Waals surface area contributed by atoms with E-state index in [9.17, 15) is 0 Å². The van der Waals surface area contributed by atoms with Crippen LogP contribution in [-0.4, -0.2) is 0 Å². The number of nitrogens with two attached hydrogens (primary N) is 1. The zero-order valence-electron chi connectivity index (χ0n) is 3.72. The summed E-state index contributed by atoms with van der Waals surface area (Å²) in [5.41, 5.74) is 0. The number of hydrogen-bond donors (Lipinski definition) is 0. The van der Waals surface area contributed by atoms with Gasteiger partial charge in [-0.1, -0.05) is 0 Å². The van der Waals surface area contributed by atoms with Crippen LogP contribution in [0.25, 0.3) is 6.15 Å². The monoisotopic (exact) mass is 291 g/mol. The van der Waals surface area contributed by atoms with Crippen LogP contribution in [0.15, 0.2) is 0 Å². The molecule has 2 N–H and O–H groups in total. The second-order valence-electron chi connectivity index (χ2n) is 0. The third-order valence-electron chi connectivity index (χ3n) is 0. The Balaban J connectivity index is -0.00000000500. The van der Waals surface area contributed by atoms with Gasteiger partial charge in [0.2, 0.25) is 0 Å². The van der Waals surface area contributed by atoms with Gasteiger partial charge >= 0.3 is 0 Å². The van der Waals surface area contributed by atoms with Crippen molar-refractivity contribution in [1.29, 1.82) is 15.8 Å². The average molecular weight is 291 g/mol. The van der Waals surface area contributed by atoms with Crippen LogP contribution < -0.4 is 0 Å². The fraction of sp³-hybridized carbons (Fsp3) is 0. The molecule has 0 aromatic carbocycles. The van der Waals surface area contributed by atoms with E-state index in [1.807, 2.05) is 0 Å². The van der Waals surface area contributed by atoms with E-state index in [1.165, 1.54) is 0 Å². The van der Waals surface area contributed by atoms with Gasteiger partial charge in [-0.05, 0) is 0 Å². The molecule has 0 atom stereocenters. The van der Waals surface area contributed by atoms with Gasteiger partial charge in [0, 0.05) is 22.4 Å². The Hall–Kier alpha value is -0.830. The van der Waals surface area contributed by atoms with Crippen LogP contribution in [0.3, 0.4) is 0 Å². The molecule has 0 aliphatic heterocycles. The minimum Gasteiger partial charge on any atom is -0.693 e. The molecule has 49 valence electrons. The van der Waals surface area contributed by atoms with Gasteiger partial charge in [0.25, 0.3) is 0 Å². The molecule has 0 spiro atoms. The molecule has 8 heavy (non-hydrogen) atoms. The van der Waals surface area contributed by atoms with E-state index >= 15 is 0 Å². The van der Waals surface area contributed by atoms with E-state index in [-0.39, 0.29) is 28.5 Å². The summed E-state index contributed by atoms with van der Waals surface area (Å²) < 4.78 is 0. The molecule has 5 heteroatoms. The zero-order chi connectivity index (χ0) is 6.00. The maximum absolute atomic E-state index is 6.25. The summed E-state index contributed by atoms with van der Waals surface area (Å²) in [6.45, 7) is 14.2. The average Bonchev–Trinajstić information content (AvgIpc) is 1.81. The predicted octanol–water partition coefficient (Wildman–Crippen LogP) is 1.00. The van der Waals surface area contributed by atoms with Gasteiger partial charge in [-0.3, -0.25) is 0 Å². The van der Waals surface area contributed by atoms with Crippen molar-refractivity contribution >= 4 is 0 Å². The molecule has 0 bridgehead atoms. The quantitative estimate of drug-likeness (QED) is 0.491. The topological polar surface area (TPSA) is 105 Å². The molecular formula is C3H2AuN4-4. The molecule has 0 aromatic heterocycles. The van der Waals surface area contributed by atoms with E-state index in [0.717, 1.165) is 0 Å². The molecule has 0 rings (SSSR count). The predicted molar refractivity (Wildman–Crippen MR) is 20.2 cm³/mol. The second kappa shape index (κ2) is 240. The number of nitrogens with zero attached hydrogens (tertiary/aromatic N) is 3. The summed E-state index contributed by atoms with van der Waals surface area (Å²) >= 11 is 0. The Kier molecular flexibility index (Phi) is 1740. The van der Waals surface area contributed by atoms with Crippen molar-refractivity contribution < 1.29 is 22.4 Å². The van der Waals surface area contributed by atoms with Crippen LogP contribution in [0.1, 0.15) is 0 Å². The van der Waals surface area contributed by atoms with Gasteiger partial charge < -0.3 is 41.7 Å². The molecule has 1 radical (unpaired) electrons. The molecule has 0 aliphatic carbocycles. The Labute approximate surface area is 64.4 Å². The van der Waals surface area contributed by atoms with Crippen molar-refractivity contribution in [3.63, 3.8) is 0 Å². The van der Waals surface area contributed by atoms with E-state index < -0.39 is 0 Å². The maximum atomic E-state index is 6.25. The first-order chi connectivity index (χ1) is 3.00. The van der Waals surface area contributed by atoms with E-state index in [2.05, 4.69) is 0 Å². The van der Waals surface area contributed by atoms with Crippen LogP contribution >= 0.6 is 0 Å². The summed E-state index contributed by atoms with van der Waals surface area (Å²) in [5, 5.41) is 18.8. The summed E-state index contributed by atoms with van der Waals surface area (Å²) in [6.07, 6.45) is 0. The Morgan fingerprint density at radius 2 is 0.625 bits per heavy atom. The maximum Gasteiger partial charge on any atom is 0 e. The Bertz CT molecular complexity index is 39.8. The summed E-state index contributed by atoms with van der Waals surface area (Å²) in [6, 6.07) is 0. The van der Waals surface area contributed by atoms with Gasteiger partial charge in [-0.15, -0.1) is 0 Å². The van der Waals surface area contributed by atoms with Gasteiger partial charge in [-0.25, -0.2) is 0 Å². The second-order valence-corrected chi connectivity index (χ2v) is 0. The molecule has 0 fully saturated rings. The summed E-state index contributed by atoms with van der Waals surface area (Å²) in [4.78, 5) is 0. The SMILES string of the molecule is [Au].[C-]#N.[C-]#N.[C-]#N.[NH2-].